The van der Waals surface area contributed by atoms with E-state index in [2.05, 4.69) is 14.7 Å². The van der Waals surface area contributed by atoms with Crippen LogP contribution in [0.4, 0.5) is 14.9 Å². The second-order valence-electron chi connectivity index (χ2n) is 9.08. The summed E-state index contributed by atoms with van der Waals surface area (Å²) in [6.07, 6.45) is -0.834. The lowest BCUT2D eigenvalue weighted by Gasteiger charge is -2.25. The van der Waals surface area contributed by atoms with E-state index < -0.39 is 39.5 Å². The van der Waals surface area contributed by atoms with E-state index in [9.17, 15) is 22.4 Å². The molecule has 1 aliphatic heterocycles. The van der Waals surface area contributed by atoms with Gasteiger partial charge >= 0.3 is 6.09 Å². The van der Waals surface area contributed by atoms with Gasteiger partial charge in [-0.25, -0.2) is 27.5 Å². The smallest absolute Gasteiger partial charge is 0.418 e. The summed E-state index contributed by atoms with van der Waals surface area (Å²) in [5.41, 5.74) is 0.743. The lowest BCUT2D eigenvalue weighted by atomic mass is 9.92. The summed E-state index contributed by atoms with van der Waals surface area (Å²) >= 11 is 0. The summed E-state index contributed by atoms with van der Waals surface area (Å²) in [6.45, 7) is 3.19. The molecule has 5 rings (SSSR count). The Balaban J connectivity index is 1.58. The average Bonchev–Trinajstić information content (AvgIpc) is 3.43. The number of cyclic esters (lactones) is 1. The fraction of sp³-hybridized carbons (Fsp3) is 0.222. The van der Waals surface area contributed by atoms with Crippen molar-refractivity contribution in [2.24, 2.45) is 0 Å². The van der Waals surface area contributed by atoms with Crippen molar-refractivity contribution in [3.05, 3.63) is 95.6 Å². The number of benzene rings is 3. The zero-order chi connectivity index (χ0) is 27.1. The molecule has 1 aromatic heterocycles. The highest BCUT2D eigenvalue weighted by Gasteiger charge is 2.58. The molecule has 0 radical (unpaired) electrons. The number of fused-ring (bicyclic) bond motifs is 1. The van der Waals surface area contributed by atoms with Crippen LogP contribution < -0.4 is 4.72 Å². The van der Waals surface area contributed by atoms with Crippen molar-refractivity contribution in [3.63, 3.8) is 0 Å². The Labute approximate surface area is 218 Å². The molecule has 9 nitrogen and oxygen atoms in total. The number of imidazole rings is 1. The van der Waals surface area contributed by atoms with Gasteiger partial charge < -0.3 is 9.72 Å². The summed E-state index contributed by atoms with van der Waals surface area (Å²) in [5, 5.41) is 0. The van der Waals surface area contributed by atoms with Gasteiger partial charge in [0.1, 0.15) is 5.82 Å². The molecule has 0 saturated carbocycles. The third-order valence-electron chi connectivity index (χ3n) is 6.58. The minimum Gasteiger partial charge on any atom is -0.424 e. The number of aromatic nitrogens is 2. The number of carbonyl (C=O) groups is 2. The normalized spacial score (nSPS) is 18.6. The van der Waals surface area contributed by atoms with E-state index in [0.29, 0.717) is 22.3 Å². The number of hydrogen-bond acceptors (Lipinski definition) is 6. The monoisotopic (exact) mass is 536 g/mol. The topological polar surface area (TPSA) is 121 Å². The highest BCUT2D eigenvalue weighted by Crippen LogP contribution is 2.41. The van der Waals surface area contributed by atoms with Gasteiger partial charge in [0.05, 0.1) is 28.5 Å². The SMILES string of the molecule is CCS(=O)(=O)Nc1ccc2nc([C@@]3(Cc4ccccc4)OC(=O)N([C@H](C)c4ccc(F)cc4)C3=O)[nH]c2c1. The Morgan fingerprint density at radius 2 is 1.79 bits per heavy atom. The van der Waals surface area contributed by atoms with Crippen molar-refractivity contribution >= 4 is 38.7 Å². The Kier molecular flexibility index (Phi) is 6.39. The number of rotatable bonds is 8. The zero-order valence-corrected chi connectivity index (χ0v) is 21.5. The van der Waals surface area contributed by atoms with E-state index in [0.717, 1.165) is 10.5 Å². The molecule has 3 aromatic carbocycles. The maximum absolute atomic E-state index is 14.0. The van der Waals surface area contributed by atoms with Crippen LogP contribution >= 0.6 is 0 Å². The lowest BCUT2D eigenvalue weighted by molar-refractivity contribution is -0.139. The van der Waals surface area contributed by atoms with Crippen LogP contribution in [0.3, 0.4) is 0 Å². The molecule has 2 atom stereocenters. The highest BCUT2D eigenvalue weighted by atomic mass is 32.2. The Hall–Kier alpha value is -4.25. The molecule has 0 bridgehead atoms. The molecule has 38 heavy (non-hydrogen) atoms. The molecule has 1 aliphatic rings. The van der Waals surface area contributed by atoms with Crippen molar-refractivity contribution < 1.29 is 27.1 Å². The van der Waals surface area contributed by atoms with Gasteiger partial charge in [0.2, 0.25) is 10.0 Å². The minimum absolute atomic E-state index is 0.0141. The van der Waals surface area contributed by atoms with Gasteiger partial charge in [0.25, 0.3) is 11.5 Å². The molecule has 2 N–H and O–H groups in total. The number of carbonyl (C=O) groups excluding carboxylic acids is 2. The number of halogens is 1. The summed E-state index contributed by atoms with van der Waals surface area (Å²) in [7, 11) is -3.50. The van der Waals surface area contributed by atoms with Crippen molar-refractivity contribution in [2.75, 3.05) is 10.5 Å². The van der Waals surface area contributed by atoms with Crippen LogP contribution in [0, 0.1) is 5.82 Å². The Bertz CT molecular complexity index is 1620. The van der Waals surface area contributed by atoms with E-state index in [1.54, 1.807) is 25.1 Å². The van der Waals surface area contributed by atoms with Crippen LogP contribution in [0.5, 0.6) is 0 Å². The maximum Gasteiger partial charge on any atom is 0.418 e. The largest absolute Gasteiger partial charge is 0.424 e. The fourth-order valence-corrected chi connectivity index (χ4v) is 5.12. The quantitative estimate of drug-likeness (QED) is 0.338. The first kappa shape index (κ1) is 25.4. The van der Waals surface area contributed by atoms with E-state index in [1.807, 2.05) is 30.3 Å². The number of amides is 2. The summed E-state index contributed by atoms with van der Waals surface area (Å²) in [4.78, 5) is 35.9. The number of ether oxygens (including phenoxy) is 1. The average molecular weight is 537 g/mol. The Morgan fingerprint density at radius 3 is 2.47 bits per heavy atom. The third-order valence-corrected chi connectivity index (χ3v) is 7.88. The standard InChI is InChI=1S/C27H25FN4O5S/c1-3-38(35,36)31-21-13-14-22-23(15-21)30-24(29-22)27(16-18-7-5-4-6-8-18)25(33)32(26(34)37-27)17(2)19-9-11-20(28)12-10-19/h4-15,17,31H,3,16H2,1-2H3,(H,29,30)/t17-,27-/m1/s1. The fourth-order valence-electron chi connectivity index (χ4n) is 4.49. The molecule has 0 aliphatic carbocycles. The van der Waals surface area contributed by atoms with Gasteiger partial charge in [-0.1, -0.05) is 42.5 Å². The number of imide groups is 1. The first-order chi connectivity index (χ1) is 18.1. The van der Waals surface area contributed by atoms with E-state index >= 15 is 0 Å². The first-order valence-corrected chi connectivity index (χ1v) is 13.6. The van der Waals surface area contributed by atoms with Crippen molar-refractivity contribution in [3.8, 4) is 0 Å². The molecule has 1 saturated heterocycles. The van der Waals surface area contributed by atoms with E-state index in [4.69, 9.17) is 4.74 Å². The van der Waals surface area contributed by atoms with E-state index in [1.165, 1.54) is 31.2 Å². The number of H-pyrrole nitrogens is 1. The van der Waals surface area contributed by atoms with Crippen molar-refractivity contribution in [1.82, 2.24) is 14.9 Å². The first-order valence-electron chi connectivity index (χ1n) is 12.0. The number of aromatic amines is 1. The molecule has 4 aromatic rings. The highest BCUT2D eigenvalue weighted by molar-refractivity contribution is 7.92. The van der Waals surface area contributed by atoms with Crippen molar-refractivity contribution in [2.45, 2.75) is 31.9 Å². The molecule has 196 valence electrons. The predicted octanol–water partition coefficient (Wildman–Crippen LogP) is 4.64. The molecule has 11 heteroatoms. The number of sulfonamides is 1. The summed E-state index contributed by atoms with van der Waals surface area (Å²) in [5.74, 6) is -1.03. The number of nitrogens with zero attached hydrogens (tertiary/aromatic N) is 2. The van der Waals surface area contributed by atoms with Gasteiger partial charge in [-0.15, -0.1) is 0 Å². The molecule has 0 unspecified atom stereocenters. The molecule has 1 fully saturated rings. The molecule has 2 heterocycles. The predicted molar refractivity (Wildman–Crippen MR) is 139 cm³/mol. The second-order valence-corrected chi connectivity index (χ2v) is 11.1. The second kappa shape index (κ2) is 9.56. The van der Waals surface area contributed by atoms with Gasteiger partial charge in [-0.05, 0) is 55.3 Å². The lowest BCUT2D eigenvalue weighted by Crippen LogP contribution is -2.42. The maximum atomic E-state index is 14.0. The van der Waals surface area contributed by atoms with Crippen LogP contribution in [-0.4, -0.2) is 41.0 Å². The van der Waals surface area contributed by atoms with Gasteiger partial charge in [0.15, 0.2) is 5.82 Å². The van der Waals surface area contributed by atoms with Crippen LogP contribution in [0.25, 0.3) is 11.0 Å². The number of hydrogen-bond donors (Lipinski definition) is 2. The van der Waals surface area contributed by atoms with Gasteiger partial charge in [-0.3, -0.25) is 9.52 Å². The zero-order valence-electron chi connectivity index (χ0n) is 20.6. The molecule has 2 amide bonds. The van der Waals surface area contributed by atoms with Crippen LogP contribution in [0.2, 0.25) is 0 Å². The van der Waals surface area contributed by atoms with Crippen LogP contribution in [0.15, 0.2) is 72.8 Å². The van der Waals surface area contributed by atoms with Crippen molar-refractivity contribution in [1.29, 1.82) is 0 Å². The molecular weight excluding hydrogens is 511 g/mol. The van der Waals surface area contributed by atoms with Gasteiger partial charge in [-0.2, -0.15) is 0 Å². The van der Waals surface area contributed by atoms with Crippen LogP contribution in [-0.2, 0) is 31.6 Å². The summed E-state index contributed by atoms with van der Waals surface area (Å²) < 4.78 is 45.9. The third kappa shape index (κ3) is 4.60. The van der Waals surface area contributed by atoms with Gasteiger partial charge in [0, 0.05) is 6.42 Å². The Morgan fingerprint density at radius 1 is 1.08 bits per heavy atom. The van der Waals surface area contributed by atoms with E-state index in [-0.39, 0.29) is 18.0 Å². The number of nitrogens with one attached hydrogen (secondary N) is 2. The molecule has 0 spiro atoms. The number of anilines is 1. The molecular formula is C27H25FN4O5S. The minimum atomic E-state index is -3.50. The van der Waals surface area contributed by atoms with Crippen LogP contribution in [0.1, 0.15) is 36.8 Å². The summed E-state index contributed by atoms with van der Waals surface area (Å²) in [6, 6.07) is 18.7.